The number of alkyl halides is 2. The molecule has 0 bridgehead atoms. The molecule has 72 valence electrons. The van der Waals surface area contributed by atoms with Gasteiger partial charge in [-0.05, 0) is 24.7 Å². The van der Waals surface area contributed by atoms with Crippen molar-refractivity contribution in [2.24, 2.45) is 5.41 Å². The zero-order chi connectivity index (χ0) is 9.19. The summed E-state index contributed by atoms with van der Waals surface area (Å²) in [6.07, 6.45) is 7.11. The largest absolute Gasteiger partial charge is 0.0814 e. The van der Waals surface area contributed by atoms with E-state index in [9.17, 15) is 0 Å². The van der Waals surface area contributed by atoms with Gasteiger partial charge in [-0.15, -0.1) is 0 Å². The highest BCUT2D eigenvalue weighted by Crippen LogP contribution is 2.55. The molecule has 0 aromatic carbocycles. The average Bonchev–Trinajstić information content (AvgIpc) is 2.11. The molecule has 0 heterocycles. The van der Waals surface area contributed by atoms with Crippen LogP contribution in [-0.4, -0.2) is 7.85 Å². The van der Waals surface area contributed by atoms with E-state index in [1.165, 1.54) is 32.1 Å². The van der Waals surface area contributed by atoms with Crippen LogP contribution in [0.25, 0.3) is 0 Å². The van der Waals surface area contributed by atoms with Gasteiger partial charge in [-0.25, -0.2) is 0 Å². The molecule has 2 heteroatoms. The topological polar surface area (TPSA) is 0 Å². The summed E-state index contributed by atoms with van der Waals surface area (Å²) in [5.41, 5.74) is 0.725. The lowest BCUT2D eigenvalue weighted by Crippen LogP contribution is -2.49. The zero-order valence-corrected chi connectivity index (χ0v) is 12.3. The smallest absolute Gasteiger partial charge is 0.0284 e. The van der Waals surface area contributed by atoms with E-state index in [1.54, 1.807) is 0 Å². The van der Waals surface area contributed by atoms with Crippen LogP contribution in [0.2, 0.25) is 0 Å². The Kier molecular flexibility index (Phi) is 4.62. The predicted molar refractivity (Wildman–Crippen MR) is 72.5 cm³/mol. The molecule has 1 aliphatic rings. The van der Waals surface area contributed by atoms with Crippen LogP contribution in [0.4, 0.5) is 0 Å². The summed E-state index contributed by atoms with van der Waals surface area (Å²) < 4.78 is 1.88. The molecule has 1 rings (SSSR count). The Labute approximate surface area is 104 Å². The van der Waals surface area contributed by atoms with E-state index in [1.807, 2.05) is 0 Å². The van der Waals surface area contributed by atoms with E-state index in [0.717, 1.165) is 13.3 Å². The molecule has 1 unspecified atom stereocenters. The normalized spacial score (nSPS) is 41.0. The Morgan fingerprint density at radius 3 is 2.33 bits per heavy atom. The molecule has 12 heavy (non-hydrogen) atoms. The van der Waals surface area contributed by atoms with Crippen molar-refractivity contribution in [2.45, 2.75) is 53.8 Å². The van der Waals surface area contributed by atoms with E-state index < -0.39 is 0 Å². The van der Waals surface area contributed by atoms with Gasteiger partial charge in [-0.2, -0.15) is 0 Å². The van der Waals surface area contributed by atoms with Crippen LogP contribution >= 0.6 is 45.2 Å². The third-order valence-electron chi connectivity index (χ3n) is 3.24. The Balaban J connectivity index is 2.43. The second kappa shape index (κ2) is 4.80. The average molecular weight is 392 g/mol. The van der Waals surface area contributed by atoms with Crippen LogP contribution in [0, 0.1) is 5.41 Å². The van der Waals surface area contributed by atoms with Gasteiger partial charge in [-0.1, -0.05) is 71.9 Å². The molecule has 0 nitrogen and oxygen atoms in total. The van der Waals surface area contributed by atoms with Gasteiger partial charge in [0.05, 0.1) is 0 Å². The lowest BCUT2D eigenvalue weighted by molar-refractivity contribution is 0.146. The van der Waals surface area contributed by atoms with Crippen molar-refractivity contribution in [2.75, 3.05) is 0 Å². The molecule has 0 amide bonds. The third-order valence-corrected chi connectivity index (χ3v) is 7.96. The van der Waals surface area contributed by atoms with Crippen molar-refractivity contribution in [3.63, 3.8) is 0 Å². The van der Waals surface area contributed by atoms with Gasteiger partial charge < -0.3 is 0 Å². The Bertz CT molecular complexity index is 147. The van der Waals surface area contributed by atoms with Crippen molar-refractivity contribution in [3.8, 4) is 0 Å². The van der Waals surface area contributed by atoms with E-state index in [4.69, 9.17) is 0 Å². The summed E-state index contributed by atoms with van der Waals surface area (Å²) in [5, 5.41) is 0. The van der Waals surface area contributed by atoms with Crippen molar-refractivity contribution in [1.82, 2.24) is 0 Å². The molecule has 0 spiro atoms. The van der Waals surface area contributed by atoms with E-state index >= 15 is 0 Å². The second-order valence-corrected chi connectivity index (χ2v) is 6.88. The molecule has 0 saturated heterocycles. The van der Waals surface area contributed by atoms with Crippen molar-refractivity contribution in [1.29, 1.82) is 0 Å². The number of hydrogen-bond donors (Lipinski definition) is 0. The highest BCUT2D eigenvalue weighted by atomic mass is 127. The third kappa shape index (κ3) is 2.10. The number of halogens is 2. The number of unbranched alkanes of at least 4 members (excludes halogenated alkanes) is 1. The minimum Gasteiger partial charge on any atom is -0.0814 e. The maximum absolute atomic E-state index is 2.67. The molecule has 3 atom stereocenters. The lowest BCUT2D eigenvalue weighted by atomic mass is 9.64. The molecule has 0 aromatic rings. The van der Waals surface area contributed by atoms with Gasteiger partial charge >= 0.3 is 0 Å². The Morgan fingerprint density at radius 1 is 1.33 bits per heavy atom. The monoisotopic (exact) mass is 392 g/mol. The fourth-order valence-electron chi connectivity index (χ4n) is 2.11. The molecule has 1 fully saturated rings. The molecule has 1 aliphatic carbocycles. The molecule has 0 aliphatic heterocycles. The fourth-order valence-corrected chi connectivity index (χ4v) is 5.01. The Morgan fingerprint density at radius 2 is 2.00 bits per heavy atom. The van der Waals surface area contributed by atoms with Gasteiger partial charge in [0, 0.05) is 7.85 Å². The van der Waals surface area contributed by atoms with Gasteiger partial charge in [0.25, 0.3) is 0 Å². The molecular formula is C10H18I2. The summed E-state index contributed by atoms with van der Waals surface area (Å²) in [5.74, 6) is 0. The fraction of sp³-hybridized carbons (Fsp3) is 1.00. The molecule has 1 saturated carbocycles. The summed E-state index contributed by atoms with van der Waals surface area (Å²) in [6.45, 7) is 4.66. The van der Waals surface area contributed by atoms with Crippen LogP contribution < -0.4 is 0 Å². The quantitative estimate of drug-likeness (QED) is 0.486. The van der Waals surface area contributed by atoms with Crippen LogP contribution in [0.3, 0.4) is 0 Å². The predicted octanol–water partition coefficient (Wildman–Crippen LogP) is 4.58. The molecule has 0 radical (unpaired) electrons. The van der Waals surface area contributed by atoms with Gasteiger partial charge in [0.2, 0.25) is 0 Å². The van der Waals surface area contributed by atoms with Crippen molar-refractivity contribution >= 4 is 45.2 Å². The highest BCUT2D eigenvalue weighted by molar-refractivity contribution is 14.1. The Hall–Kier alpha value is 1.46. The first kappa shape index (κ1) is 11.5. The van der Waals surface area contributed by atoms with Gasteiger partial charge in [0.15, 0.2) is 0 Å². The SMILES string of the molecule is CCCC[C@@]1(CC)C[C@H](I)C1I. The minimum atomic E-state index is 0.725. The number of hydrogen-bond acceptors (Lipinski definition) is 0. The van der Waals surface area contributed by atoms with E-state index in [-0.39, 0.29) is 0 Å². The van der Waals surface area contributed by atoms with Gasteiger partial charge in [0.1, 0.15) is 0 Å². The summed E-state index contributed by atoms with van der Waals surface area (Å²) in [6, 6.07) is 0. The van der Waals surface area contributed by atoms with Crippen LogP contribution in [0.15, 0.2) is 0 Å². The first-order chi connectivity index (χ1) is 5.66. The van der Waals surface area contributed by atoms with Crippen molar-refractivity contribution in [3.05, 3.63) is 0 Å². The molecule has 0 aromatic heterocycles. The first-order valence-corrected chi connectivity index (χ1v) is 7.43. The van der Waals surface area contributed by atoms with Crippen LogP contribution in [0.1, 0.15) is 46.0 Å². The summed E-state index contributed by atoms with van der Waals surface area (Å²) in [7, 11) is 0. The van der Waals surface area contributed by atoms with Gasteiger partial charge in [-0.3, -0.25) is 0 Å². The minimum absolute atomic E-state index is 0.725. The van der Waals surface area contributed by atoms with E-state index in [2.05, 4.69) is 59.0 Å². The summed E-state index contributed by atoms with van der Waals surface area (Å²) >= 11 is 5.28. The lowest BCUT2D eigenvalue weighted by Gasteiger charge is -2.51. The number of rotatable bonds is 4. The molecular weight excluding hydrogens is 374 g/mol. The highest BCUT2D eigenvalue weighted by Gasteiger charge is 2.49. The maximum atomic E-state index is 2.67. The van der Waals surface area contributed by atoms with E-state index in [0.29, 0.717) is 0 Å². The maximum Gasteiger partial charge on any atom is 0.0284 e. The second-order valence-electron chi connectivity index (χ2n) is 3.94. The standard InChI is InChI=1S/C10H18I2/c1-3-5-6-10(4-2)7-8(11)9(10)12/h8-9H,3-7H2,1-2H3/t8-,9?,10-/m0/s1. The first-order valence-electron chi connectivity index (χ1n) is 4.94. The van der Waals surface area contributed by atoms with Crippen LogP contribution in [0.5, 0.6) is 0 Å². The zero-order valence-electron chi connectivity index (χ0n) is 7.95. The summed E-state index contributed by atoms with van der Waals surface area (Å²) in [4.78, 5) is 0. The molecule has 0 N–H and O–H groups in total. The van der Waals surface area contributed by atoms with Crippen LogP contribution in [-0.2, 0) is 0 Å². The van der Waals surface area contributed by atoms with Crippen molar-refractivity contribution < 1.29 is 0 Å².